The second kappa shape index (κ2) is 6.12. The van der Waals surface area contributed by atoms with Crippen LogP contribution in [0.4, 0.5) is 5.69 Å². The number of ether oxygens (including phenoxy) is 1. The molecule has 0 atom stereocenters. The first-order chi connectivity index (χ1) is 8.20. The highest BCUT2D eigenvalue weighted by molar-refractivity contribution is 5.89. The number of hydrogen-bond donors (Lipinski definition) is 1. The fourth-order valence-corrected chi connectivity index (χ4v) is 1.72. The first-order valence-corrected chi connectivity index (χ1v) is 5.28. The number of anilines is 1. The number of nitrogens with zero attached hydrogens (tertiary/aromatic N) is 1. The van der Waals surface area contributed by atoms with Crippen LogP contribution >= 0.6 is 12.4 Å². The molecule has 0 aliphatic carbocycles. The van der Waals surface area contributed by atoms with Gasteiger partial charge in [-0.1, -0.05) is 30.3 Å². The smallest absolute Gasteiger partial charge is 0.354 e. The van der Waals surface area contributed by atoms with Gasteiger partial charge in [0.25, 0.3) is 0 Å². The summed E-state index contributed by atoms with van der Waals surface area (Å²) in [6.45, 7) is 0.600. The maximum absolute atomic E-state index is 11.5. The van der Waals surface area contributed by atoms with E-state index < -0.39 is 0 Å². The van der Waals surface area contributed by atoms with Crippen molar-refractivity contribution >= 4 is 24.1 Å². The first-order valence-electron chi connectivity index (χ1n) is 5.28. The van der Waals surface area contributed by atoms with E-state index in [1.165, 1.54) is 7.11 Å². The Balaban J connectivity index is 0.00000162. The number of methoxy groups -OCH3 is 1. The van der Waals surface area contributed by atoms with E-state index in [4.69, 9.17) is 10.5 Å². The normalized spacial score (nSPS) is 9.61. The second-order valence-corrected chi connectivity index (χ2v) is 3.76. The van der Waals surface area contributed by atoms with Crippen LogP contribution in [0.25, 0.3) is 0 Å². The van der Waals surface area contributed by atoms with Crippen LogP contribution in [0.2, 0.25) is 0 Å². The number of carbonyl (C=O) groups is 1. The molecular weight excluding hydrogens is 252 g/mol. The molecule has 96 valence electrons. The monoisotopic (exact) mass is 266 g/mol. The molecule has 2 aromatic rings. The highest BCUT2D eigenvalue weighted by atomic mass is 35.5. The van der Waals surface area contributed by atoms with E-state index in [1.54, 1.807) is 16.8 Å². The van der Waals surface area contributed by atoms with E-state index in [0.29, 0.717) is 17.9 Å². The van der Waals surface area contributed by atoms with Gasteiger partial charge < -0.3 is 15.0 Å². The molecule has 18 heavy (non-hydrogen) atoms. The molecular formula is C13H15ClN2O2. The molecule has 1 aromatic carbocycles. The van der Waals surface area contributed by atoms with Gasteiger partial charge in [-0.15, -0.1) is 12.4 Å². The van der Waals surface area contributed by atoms with Crippen LogP contribution in [0.1, 0.15) is 16.1 Å². The molecule has 0 fully saturated rings. The van der Waals surface area contributed by atoms with Gasteiger partial charge in [-0.25, -0.2) is 4.79 Å². The summed E-state index contributed by atoms with van der Waals surface area (Å²) in [7, 11) is 1.36. The highest BCUT2D eigenvalue weighted by Gasteiger charge is 2.13. The van der Waals surface area contributed by atoms with Crippen LogP contribution in [0.5, 0.6) is 0 Å². The number of benzene rings is 1. The Morgan fingerprint density at radius 3 is 2.61 bits per heavy atom. The predicted molar refractivity (Wildman–Crippen MR) is 73.0 cm³/mol. The number of nitrogens with two attached hydrogens (primary N) is 1. The summed E-state index contributed by atoms with van der Waals surface area (Å²) in [4.78, 5) is 11.5. The molecule has 0 unspecified atom stereocenters. The minimum Gasteiger partial charge on any atom is -0.464 e. The van der Waals surface area contributed by atoms with Crippen molar-refractivity contribution in [1.29, 1.82) is 0 Å². The van der Waals surface area contributed by atoms with Crippen LogP contribution in [-0.2, 0) is 11.3 Å². The Labute approximate surface area is 112 Å². The lowest BCUT2D eigenvalue weighted by Gasteiger charge is -2.07. The molecule has 4 nitrogen and oxygen atoms in total. The zero-order chi connectivity index (χ0) is 12.3. The molecule has 0 aliphatic heterocycles. The lowest BCUT2D eigenvalue weighted by atomic mass is 10.2. The van der Waals surface area contributed by atoms with Crippen molar-refractivity contribution < 1.29 is 9.53 Å². The Morgan fingerprint density at radius 2 is 2.00 bits per heavy atom. The Bertz CT molecular complexity index is 523. The van der Waals surface area contributed by atoms with Crippen molar-refractivity contribution in [3.63, 3.8) is 0 Å². The molecule has 0 spiro atoms. The molecule has 0 saturated carbocycles. The molecule has 0 saturated heterocycles. The zero-order valence-corrected chi connectivity index (χ0v) is 10.8. The molecule has 5 heteroatoms. The van der Waals surface area contributed by atoms with Crippen molar-refractivity contribution in [2.75, 3.05) is 12.8 Å². The minimum atomic E-state index is -0.377. The number of nitrogen functional groups attached to an aromatic ring is 1. The van der Waals surface area contributed by atoms with E-state index in [2.05, 4.69) is 0 Å². The van der Waals surface area contributed by atoms with Crippen molar-refractivity contribution in [2.24, 2.45) is 0 Å². The van der Waals surface area contributed by atoms with E-state index in [9.17, 15) is 4.79 Å². The summed E-state index contributed by atoms with van der Waals surface area (Å²) in [6, 6.07) is 11.5. The van der Waals surface area contributed by atoms with Gasteiger partial charge in [-0.3, -0.25) is 0 Å². The van der Waals surface area contributed by atoms with Gasteiger partial charge in [-0.2, -0.15) is 0 Å². The topological polar surface area (TPSA) is 57.2 Å². The number of halogens is 1. The third kappa shape index (κ3) is 3.05. The minimum absolute atomic E-state index is 0. The maximum Gasteiger partial charge on any atom is 0.354 e. The van der Waals surface area contributed by atoms with Crippen LogP contribution in [-0.4, -0.2) is 17.6 Å². The summed E-state index contributed by atoms with van der Waals surface area (Å²) in [6.07, 6.45) is 1.74. The summed E-state index contributed by atoms with van der Waals surface area (Å²) in [5.74, 6) is -0.377. The number of esters is 1. The molecule has 2 N–H and O–H groups in total. The van der Waals surface area contributed by atoms with Crippen LogP contribution in [0, 0.1) is 0 Å². The Hall–Kier alpha value is -1.94. The third-order valence-corrected chi connectivity index (χ3v) is 2.51. The summed E-state index contributed by atoms with van der Waals surface area (Å²) in [5.41, 5.74) is 7.83. The summed E-state index contributed by atoms with van der Waals surface area (Å²) < 4.78 is 6.50. The highest BCUT2D eigenvalue weighted by Crippen LogP contribution is 2.14. The third-order valence-electron chi connectivity index (χ3n) is 2.51. The van der Waals surface area contributed by atoms with E-state index >= 15 is 0 Å². The van der Waals surface area contributed by atoms with Gasteiger partial charge in [-0.05, 0) is 11.6 Å². The Morgan fingerprint density at radius 1 is 1.33 bits per heavy atom. The molecule has 0 amide bonds. The molecule has 0 bridgehead atoms. The zero-order valence-electron chi connectivity index (χ0n) is 10.00. The lowest BCUT2D eigenvalue weighted by Crippen LogP contribution is -2.10. The fourth-order valence-electron chi connectivity index (χ4n) is 1.72. The predicted octanol–water partition coefficient (Wildman–Crippen LogP) is 2.33. The van der Waals surface area contributed by atoms with Gasteiger partial charge in [0.1, 0.15) is 5.69 Å². The van der Waals surface area contributed by atoms with Gasteiger partial charge in [0.15, 0.2) is 0 Å². The number of carbonyl (C=O) groups excluding carboxylic acids is 1. The summed E-state index contributed by atoms with van der Waals surface area (Å²) in [5, 5.41) is 0. The quantitative estimate of drug-likeness (QED) is 0.868. The van der Waals surface area contributed by atoms with Gasteiger partial charge in [0.05, 0.1) is 12.8 Å². The van der Waals surface area contributed by atoms with Crippen molar-refractivity contribution in [1.82, 2.24) is 4.57 Å². The molecule has 0 aliphatic rings. The molecule has 0 radical (unpaired) electrons. The number of hydrogen-bond acceptors (Lipinski definition) is 3. The van der Waals surface area contributed by atoms with Gasteiger partial charge >= 0.3 is 5.97 Å². The number of aromatic nitrogens is 1. The SMILES string of the molecule is COC(=O)c1cc(N)cn1Cc1ccccc1.Cl. The van der Waals surface area contributed by atoms with Crippen LogP contribution in [0.3, 0.4) is 0 Å². The van der Waals surface area contributed by atoms with Crippen molar-refractivity contribution in [3.8, 4) is 0 Å². The van der Waals surface area contributed by atoms with Crippen LogP contribution < -0.4 is 5.73 Å². The Kier molecular flexibility index (Phi) is 4.80. The largest absolute Gasteiger partial charge is 0.464 e. The second-order valence-electron chi connectivity index (χ2n) is 3.76. The van der Waals surface area contributed by atoms with Crippen molar-refractivity contribution in [3.05, 3.63) is 53.9 Å². The maximum atomic E-state index is 11.5. The summed E-state index contributed by atoms with van der Waals surface area (Å²) >= 11 is 0. The van der Waals surface area contributed by atoms with Crippen molar-refractivity contribution in [2.45, 2.75) is 6.54 Å². The molecule has 1 heterocycles. The van der Waals surface area contributed by atoms with Gasteiger partial charge in [0, 0.05) is 12.7 Å². The average Bonchev–Trinajstić information content (AvgIpc) is 2.70. The fraction of sp³-hybridized carbons (Fsp3) is 0.154. The lowest BCUT2D eigenvalue weighted by molar-refractivity contribution is 0.0589. The molecule has 2 rings (SSSR count). The van der Waals surface area contributed by atoms with E-state index in [1.807, 2.05) is 30.3 Å². The standard InChI is InChI=1S/C13H14N2O2.ClH/c1-17-13(16)12-7-11(14)9-15(12)8-10-5-3-2-4-6-10;/h2-7,9H,8,14H2,1H3;1H. The van der Waals surface area contributed by atoms with Crippen LogP contribution in [0.15, 0.2) is 42.6 Å². The average molecular weight is 267 g/mol. The molecule has 1 aromatic heterocycles. The van der Waals surface area contributed by atoms with Gasteiger partial charge in [0.2, 0.25) is 0 Å². The number of rotatable bonds is 3. The first kappa shape index (κ1) is 14.1. The van der Waals surface area contributed by atoms with E-state index in [-0.39, 0.29) is 18.4 Å². The van der Waals surface area contributed by atoms with E-state index in [0.717, 1.165) is 5.56 Å².